The number of sulfonamides is 1. The van der Waals surface area contributed by atoms with Gasteiger partial charge in [0, 0.05) is 18.3 Å². The Labute approximate surface area is 125 Å². The van der Waals surface area contributed by atoms with Gasteiger partial charge in [0.15, 0.2) is 5.03 Å². The lowest BCUT2D eigenvalue weighted by atomic mass is 10.2. The van der Waals surface area contributed by atoms with Crippen molar-refractivity contribution < 1.29 is 8.42 Å². The van der Waals surface area contributed by atoms with Crippen molar-refractivity contribution in [2.75, 3.05) is 5.73 Å². The molecule has 6 nitrogen and oxygen atoms in total. The van der Waals surface area contributed by atoms with Crippen molar-refractivity contribution >= 4 is 15.7 Å². The first-order valence-electron chi connectivity index (χ1n) is 6.68. The van der Waals surface area contributed by atoms with Crippen molar-refractivity contribution in [3.63, 3.8) is 0 Å². The predicted molar refractivity (Wildman–Crippen MR) is 82.0 cm³/mol. The van der Waals surface area contributed by atoms with Crippen LogP contribution >= 0.6 is 0 Å². The number of hydrogen-bond acceptors (Lipinski definition) is 4. The van der Waals surface area contributed by atoms with E-state index in [1.165, 1.54) is 10.5 Å². The Morgan fingerprint density at radius 3 is 2.62 bits per heavy atom. The van der Waals surface area contributed by atoms with Crippen molar-refractivity contribution in [1.82, 2.24) is 14.3 Å². The molecule has 1 aromatic carbocycles. The molecule has 1 heterocycles. The van der Waals surface area contributed by atoms with Gasteiger partial charge in [0.05, 0.1) is 6.20 Å². The van der Waals surface area contributed by atoms with Crippen LogP contribution in [0.1, 0.15) is 25.2 Å². The Hall–Kier alpha value is -1.86. The number of nitrogen functional groups attached to an aromatic ring is 1. The molecule has 0 saturated carbocycles. The molecule has 0 aliphatic carbocycles. The van der Waals surface area contributed by atoms with Gasteiger partial charge in [-0.3, -0.25) is 0 Å². The van der Waals surface area contributed by atoms with Crippen LogP contribution in [0, 0.1) is 6.92 Å². The number of imidazole rings is 1. The summed E-state index contributed by atoms with van der Waals surface area (Å²) in [5, 5.41) is 0.109. The molecule has 0 unspecified atom stereocenters. The van der Waals surface area contributed by atoms with Crippen LogP contribution in [0.15, 0.2) is 35.5 Å². The summed E-state index contributed by atoms with van der Waals surface area (Å²) in [6.45, 7) is 5.67. The van der Waals surface area contributed by atoms with Gasteiger partial charge in [-0.15, -0.1) is 0 Å². The van der Waals surface area contributed by atoms with Gasteiger partial charge in [-0.2, -0.15) is 4.31 Å². The molecule has 0 atom stereocenters. The lowest BCUT2D eigenvalue weighted by Gasteiger charge is -2.25. The van der Waals surface area contributed by atoms with Crippen molar-refractivity contribution in [2.24, 2.45) is 0 Å². The molecule has 0 amide bonds. The third-order valence-corrected chi connectivity index (χ3v) is 5.06. The number of aryl methyl sites for hydroxylation is 1. The van der Waals surface area contributed by atoms with Crippen molar-refractivity contribution in [1.29, 1.82) is 0 Å². The summed E-state index contributed by atoms with van der Waals surface area (Å²) in [7, 11) is -3.62. The highest BCUT2D eigenvalue weighted by Crippen LogP contribution is 2.20. The average molecular weight is 308 g/mol. The van der Waals surface area contributed by atoms with E-state index in [-0.39, 0.29) is 17.6 Å². The molecule has 3 N–H and O–H groups in total. The van der Waals surface area contributed by atoms with E-state index in [0.29, 0.717) is 11.5 Å². The molecule has 0 aliphatic heterocycles. The quantitative estimate of drug-likeness (QED) is 0.825. The second kappa shape index (κ2) is 5.87. The fourth-order valence-corrected chi connectivity index (χ4v) is 3.66. The van der Waals surface area contributed by atoms with E-state index in [0.717, 1.165) is 5.56 Å². The lowest BCUT2D eigenvalue weighted by molar-refractivity contribution is 0.347. The molecular formula is C14H20N4O2S. The van der Waals surface area contributed by atoms with E-state index in [9.17, 15) is 8.42 Å². The maximum absolute atomic E-state index is 12.7. The Balaban J connectivity index is 2.35. The zero-order chi connectivity index (χ0) is 15.6. The highest BCUT2D eigenvalue weighted by molar-refractivity contribution is 7.89. The molecule has 2 rings (SSSR count). The molecule has 2 aromatic rings. The Morgan fingerprint density at radius 1 is 1.38 bits per heavy atom. The minimum atomic E-state index is -3.62. The van der Waals surface area contributed by atoms with Crippen LogP contribution in [0.2, 0.25) is 0 Å². The summed E-state index contributed by atoms with van der Waals surface area (Å²) < 4.78 is 26.8. The van der Waals surface area contributed by atoms with Crippen molar-refractivity contribution in [3.8, 4) is 0 Å². The molecule has 1 aromatic heterocycles. The number of hydrogen-bond donors (Lipinski definition) is 2. The summed E-state index contributed by atoms with van der Waals surface area (Å²) >= 11 is 0. The summed E-state index contributed by atoms with van der Waals surface area (Å²) in [4.78, 5) is 6.75. The summed E-state index contributed by atoms with van der Waals surface area (Å²) in [6.07, 6.45) is 1.35. The normalized spacial score (nSPS) is 12.2. The minimum absolute atomic E-state index is 0.109. The number of nitrogens with two attached hydrogens (primary N) is 1. The van der Waals surface area contributed by atoms with Gasteiger partial charge >= 0.3 is 0 Å². The number of rotatable bonds is 5. The smallest absolute Gasteiger partial charge is 0.260 e. The highest BCUT2D eigenvalue weighted by Gasteiger charge is 2.28. The molecule has 0 aliphatic rings. The molecule has 0 saturated heterocycles. The molecule has 7 heteroatoms. The molecule has 0 spiro atoms. The van der Waals surface area contributed by atoms with Crippen LogP contribution in [0.5, 0.6) is 0 Å². The lowest BCUT2D eigenvalue weighted by Crippen LogP contribution is -2.36. The third kappa shape index (κ3) is 3.43. The summed E-state index contributed by atoms with van der Waals surface area (Å²) in [5.74, 6) is 0.571. The molecular weight excluding hydrogens is 288 g/mol. The number of aromatic amines is 1. The molecule has 0 radical (unpaired) electrons. The zero-order valence-corrected chi connectivity index (χ0v) is 13.2. The average Bonchev–Trinajstić information content (AvgIpc) is 2.83. The molecule has 21 heavy (non-hydrogen) atoms. The zero-order valence-electron chi connectivity index (χ0n) is 12.4. The number of nitrogens with zero attached hydrogens (tertiary/aromatic N) is 2. The number of nitrogens with one attached hydrogen (secondary N) is 1. The van der Waals surface area contributed by atoms with E-state index in [1.807, 2.05) is 26.0 Å². The number of anilines is 1. The van der Waals surface area contributed by atoms with Gasteiger partial charge in [0.25, 0.3) is 10.0 Å². The first-order chi connectivity index (χ1) is 9.80. The van der Waals surface area contributed by atoms with Crippen LogP contribution in [0.4, 0.5) is 5.69 Å². The van der Waals surface area contributed by atoms with E-state index < -0.39 is 10.0 Å². The third-order valence-electron chi connectivity index (χ3n) is 3.13. The van der Waals surface area contributed by atoms with Gasteiger partial charge < -0.3 is 10.7 Å². The fourth-order valence-electron chi connectivity index (χ4n) is 2.07. The number of aromatic nitrogens is 2. The standard InChI is InChI=1S/C14H20N4O2S/c1-10(2)18(9-12-5-4-6-13(15)7-12)21(19,20)14-8-16-11(3)17-14/h4-8,10H,9,15H2,1-3H3,(H,16,17). The first kappa shape index (κ1) is 15.5. The fraction of sp³-hybridized carbons (Fsp3) is 0.357. The monoisotopic (exact) mass is 308 g/mol. The largest absolute Gasteiger partial charge is 0.399 e. The van der Waals surface area contributed by atoms with Crippen LogP contribution < -0.4 is 5.73 Å². The number of benzene rings is 1. The molecule has 114 valence electrons. The Kier molecular flexibility index (Phi) is 4.34. The second-order valence-corrected chi connectivity index (χ2v) is 7.08. The van der Waals surface area contributed by atoms with Crippen LogP contribution in [0.25, 0.3) is 0 Å². The van der Waals surface area contributed by atoms with Gasteiger partial charge in [0.1, 0.15) is 5.82 Å². The van der Waals surface area contributed by atoms with Crippen LogP contribution in [-0.4, -0.2) is 28.7 Å². The maximum atomic E-state index is 12.7. The van der Waals surface area contributed by atoms with E-state index in [1.54, 1.807) is 19.1 Å². The maximum Gasteiger partial charge on any atom is 0.260 e. The van der Waals surface area contributed by atoms with Gasteiger partial charge in [-0.25, -0.2) is 13.4 Å². The number of H-pyrrole nitrogens is 1. The highest BCUT2D eigenvalue weighted by atomic mass is 32.2. The summed E-state index contributed by atoms with van der Waals surface area (Å²) in [5.41, 5.74) is 7.22. The molecule has 0 bridgehead atoms. The van der Waals surface area contributed by atoms with Crippen molar-refractivity contribution in [2.45, 2.75) is 38.4 Å². The minimum Gasteiger partial charge on any atom is -0.399 e. The summed E-state index contributed by atoms with van der Waals surface area (Å²) in [6, 6.07) is 7.05. The van der Waals surface area contributed by atoms with Gasteiger partial charge in [-0.1, -0.05) is 12.1 Å². The topological polar surface area (TPSA) is 92.1 Å². The van der Waals surface area contributed by atoms with Gasteiger partial charge in [0.2, 0.25) is 0 Å². The second-order valence-electron chi connectivity index (χ2n) is 5.22. The SMILES string of the molecule is Cc1ncc(S(=O)(=O)N(Cc2cccc(N)c2)C(C)C)[nH]1. The predicted octanol–water partition coefficient (Wildman–Crippen LogP) is 1.90. The van der Waals surface area contributed by atoms with E-state index >= 15 is 0 Å². The Bertz CT molecular complexity index is 722. The first-order valence-corrected chi connectivity index (χ1v) is 8.12. The Morgan fingerprint density at radius 2 is 2.10 bits per heavy atom. The van der Waals surface area contributed by atoms with E-state index in [4.69, 9.17) is 5.73 Å². The van der Waals surface area contributed by atoms with E-state index in [2.05, 4.69) is 9.97 Å². The van der Waals surface area contributed by atoms with Crippen molar-refractivity contribution in [3.05, 3.63) is 41.9 Å². The molecule has 0 fully saturated rings. The van der Waals surface area contributed by atoms with Crippen LogP contribution in [0.3, 0.4) is 0 Å². The van der Waals surface area contributed by atoms with Gasteiger partial charge in [-0.05, 0) is 38.5 Å². The van der Waals surface area contributed by atoms with Crippen LogP contribution in [-0.2, 0) is 16.6 Å².